The fourth-order valence-corrected chi connectivity index (χ4v) is 4.29. The van der Waals surface area contributed by atoms with Crippen molar-refractivity contribution in [1.82, 2.24) is 4.90 Å². The van der Waals surface area contributed by atoms with Crippen LogP contribution in [0.15, 0.2) is 60.2 Å². The highest BCUT2D eigenvalue weighted by Crippen LogP contribution is 2.35. The Morgan fingerprint density at radius 2 is 1.84 bits per heavy atom. The molecule has 4 rings (SSSR count). The van der Waals surface area contributed by atoms with Crippen LogP contribution in [0.3, 0.4) is 0 Å². The molecule has 2 unspecified atom stereocenters. The molecule has 25 heavy (non-hydrogen) atoms. The second kappa shape index (κ2) is 7.09. The van der Waals surface area contributed by atoms with Crippen LogP contribution >= 0.6 is 0 Å². The predicted molar refractivity (Wildman–Crippen MR) is 96.2 cm³/mol. The summed E-state index contributed by atoms with van der Waals surface area (Å²) < 4.78 is 27.1. The maximum atomic E-state index is 14.0. The highest BCUT2D eigenvalue weighted by atomic mass is 19.1. The van der Waals surface area contributed by atoms with Gasteiger partial charge in [0, 0.05) is 24.7 Å². The number of fused-ring (bicyclic) bond motifs is 2. The SMILES string of the molecule is Fc1ccc(CC2=CC3CCCC(C2)N3Cc2ccccc2)c(F)c1. The molecule has 0 N–H and O–H groups in total. The standard InChI is InChI=1S/C22H23F2N/c23-19-10-9-18(22(24)14-19)11-17-12-20-7-4-8-21(13-17)25(20)15-16-5-2-1-3-6-16/h1-3,5-6,9-10,12,14,20-21H,4,7-8,11,13,15H2. The molecule has 0 radical (unpaired) electrons. The van der Waals surface area contributed by atoms with E-state index in [1.807, 2.05) is 0 Å². The highest BCUT2D eigenvalue weighted by molar-refractivity contribution is 5.28. The summed E-state index contributed by atoms with van der Waals surface area (Å²) in [6.07, 6.45) is 7.54. The van der Waals surface area contributed by atoms with Crippen molar-refractivity contribution in [1.29, 1.82) is 0 Å². The molecule has 0 aliphatic carbocycles. The molecular formula is C22H23F2N. The Balaban J connectivity index is 1.52. The van der Waals surface area contributed by atoms with Crippen molar-refractivity contribution in [3.8, 4) is 0 Å². The summed E-state index contributed by atoms with van der Waals surface area (Å²) in [5.41, 5.74) is 3.24. The van der Waals surface area contributed by atoms with E-state index < -0.39 is 11.6 Å². The first-order chi connectivity index (χ1) is 12.2. The number of nitrogens with zero attached hydrogens (tertiary/aromatic N) is 1. The molecule has 2 heterocycles. The average Bonchev–Trinajstić information content (AvgIpc) is 2.59. The zero-order valence-corrected chi connectivity index (χ0v) is 14.3. The van der Waals surface area contributed by atoms with E-state index >= 15 is 0 Å². The van der Waals surface area contributed by atoms with Gasteiger partial charge < -0.3 is 0 Å². The van der Waals surface area contributed by atoms with Crippen LogP contribution in [-0.4, -0.2) is 17.0 Å². The minimum Gasteiger partial charge on any atom is -0.289 e. The van der Waals surface area contributed by atoms with Crippen molar-refractivity contribution >= 4 is 0 Å². The van der Waals surface area contributed by atoms with E-state index in [2.05, 4.69) is 41.3 Å². The highest BCUT2D eigenvalue weighted by Gasteiger charge is 2.33. The molecule has 0 saturated carbocycles. The molecule has 130 valence electrons. The van der Waals surface area contributed by atoms with E-state index in [1.165, 1.54) is 36.5 Å². The third kappa shape index (κ3) is 3.67. The Morgan fingerprint density at radius 3 is 2.60 bits per heavy atom. The van der Waals surface area contributed by atoms with E-state index in [0.717, 1.165) is 19.0 Å². The van der Waals surface area contributed by atoms with Gasteiger partial charge in [0.25, 0.3) is 0 Å². The Morgan fingerprint density at radius 1 is 1.00 bits per heavy atom. The summed E-state index contributed by atoms with van der Waals surface area (Å²) in [6.45, 7) is 0.977. The fraction of sp³-hybridized carbons (Fsp3) is 0.364. The van der Waals surface area contributed by atoms with Crippen molar-refractivity contribution in [3.63, 3.8) is 0 Å². The van der Waals surface area contributed by atoms with Crippen LogP contribution in [0.25, 0.3) is 0 Å². The molecule has 2 aromatic carbocycles. The summed E-state index contributed by atoms with van der Waals surface area (Å²) in [5.74, 6) is -0.942. The number of piperidine rings is 1. The zero-order valence-electron chi connectivity index (χ0n) is 14.3. The Bertz CT molecular complexity index is 769. The minimum absolute atomic E-state index is 0.433. The number of hydrogen-bond donors (Lipinski definition) is 0. The van der Waals surface area contributed by atoms with E-state index in [1.54, 1.807) is 6.07 Å². The van der Waals surface area contributed by atoms with Gasteiger partial charge in [-0.15, -0.1) is 0 Å². The first-order valence-corrected chi connectivity index (χ1v) is 9.12. The lowest BCUT2D eigenvalue weighted by molar-refractivity contribution is 0.0880. The fourth-order valence-electron chi connectivity index (χ4n) is 4.29. The molecule has 0 aromatic heterocycles. The number of benzene rings is 2. The van der Waals surface area contributed by atoms with Crippen LogP contribution in [0.4, 0.5) is 8.78 Å². The van der Waals surface area contributed by atoms with E-state index in [-0.39, 0.29) is 0 Å². The molecule has 2 aromatic rings. The minimum atomic E-state index is -0.509. The molecular weight excluding hydrogens is 316 g/mol. The molecule has 1 nitrogen and oxygen atoms in total. The molecule has 1 saturated heterocycles. The predicted octanol–water partition coefficient (Wildman–Crippen LogP) is 5.26. The van der Waals surface area contributed by atoms with Crippen LogP contribution in [0, 0.1) is 11.6 Å². The van der Waals surface area contributed by atoms with Gasteiger partial charge in [-0.1, -0.05) is 54.5 Å². The van der Waals surface area contributed by atoms with Crippen molar-refractivity contribution in [2.24, 2.45) is 0 Å². The monoisotopic (exact) mass is 339 g/mol. The quantitative estimate of drug-likeness (QED) is 0.687. The molecule has 2 aliphatic rings. The van der Waals surface area contributed by atoms with Gasteiger partial charge in [-0.2, -0.15) is 0 Å². The molecule has 2 bridgehead atoms. The summed E-state index contributed by atoms with van der Waals surface area (Å²) >= 11 is 0. The Labute approximate surface area is 148 Å². The maximum Gasteiger partial charge on any atom is 0.129 e. The van der Waals surface area contributed by atoms with Crippen LogP contribution in [-0.2, 0) is 13.0 Å². The second-order valence-electron chi connectivity index (χ2n) is 7.25. The van der Waals surface area contributed by atoms with Crippen molar-refractivity contribution < 1.29 is 8.78 Å². The number of halogens is 2. The normalized spacial score (nSPS) is 23.4. The van der Waals surface area contributed by atoms with Crippen molar-refractivity contribution in [2.75, 3.05) is 0 Å². The van der Waals surface area contributed by atoms with Gasteiger partial charge in [0.1, 0.15) is 11.6 Å². The lowest BCUT2D eigenvalue weighted by Gasteiger charge is -2.45. The van der Waals surface area contributed by atoms with Gasteiger partial charge in [0.05, 0.1) is 0 Å². The molecule has 2 atom stereocenters. The molecule has 3 heteroatoms. The van der Waals surface area contributed by atoms with Crippen molar-refractivity contribution in [2.45, 2.75) is 50.7 Å². The smallest absolute Gasteiger partial charge is 0.129 e. The Kier molecular flexibility index (Phi) is 4.67. The van der Waals surface area contributed by atoms with Gasteiger partial charge >= 0.3 is 0 Å². The first-order valence-electron chi connectivity index (χ1n) is 9.12. The van der Waals surface area contributed by atoms with Crippen LogP contribution in [0.1, 0.15) is 36.8 Å². The molecule has 0 spiro atoms. The van der Waals surface area contributed by atoms with Gasteiger partial charge in [0.2, 0.25) is 0 Å². The van der Waals surface area contributed by atoms with Gasteiger partial charge in [-0.25, -0.2) is 8.78 Å². The topological polar surface area (TPSA) is 3.24 Å². The third-order valence-electron chi connectivity index (χ3n) is 5.50. The first kappa shape index (κ1) is 16.5. The van der Waals surface area contributed by atoms with Gasteiger partial charge in [-0.3, -0.25) is 4.90 Å². The molecule has 0 amide bonds. The van der Waals surface area contributed by atoms with E-state index in [9.17, 15) is 8.78 Å². The van der Waals surface area contributed by atoms with Crippen LogP contribution in [0.5, 0.6) is 0 Å². The largest absolute Gasteiger partial charge is 0.289 e. The maximum absolute atomic E-state index is 14.0. The lowest BCUT2D eigenvalue weighted by Crippen LogP contribution is -2.48. The second-order valence-corrected chi connectivity index (χ2v) is 7.25. The average molecular weight is 339 g/mol. The van der Waals surface area contributed by atoms with E-state index in [4.69, 9.17) is 0 Å². The van der Waals surface area contributed by atoms with E-state index in [0.29, 0.717) is 24.1 Å². The van der Waals surface area contributed by atoms with Crippen LogP contribution in [0.2, 0.25) is 0 Å². The third-order valence-corrected chi connectivity index (χ3v) is 5.50. The Hall–Kier alpha value is -2.00. The number of hydrogen-bond acceptors (Lipinski definition) is 1. The summed E-state index contributed by atoms with van der Waals surface area (Å²) in [7, 11) is 0. The molecule has 1 fully saturated rings. The number of rotatable bonds is 4. The summed E-state index contributed by atoms with van der Waals surface area (Å²) in [6, 6.07) is 15.5. The van der Waals surface area contributed by atoms with Gasteiger partial charge in [-0.05, 0) is 42.9 Å². The van der Waals surface area contributed by atoms with Crippen molar-refractivity contribution in [3.05, 3.63) is 82.9 Å². The zero-order chi connectivity index (χ0) is 17.2. The summed E-state index contributed by atoms with van der Waals surface area (Å²) in [4.78, 5) is 2.60. The summed E-state index contributed by atoms with van der Waals surface area (Å²) in [5, 5.41) is 0. The van der Waals surface area contributed by atoms with Gasteiger partial charge in [0.15, 0.2) is 0 Å². The molecule has 2 aliphatic heterocycles. The lowest BCUT2D eigenvalue weighted by atomic mass is 9.83. The van der Waals surface area contributed by atoms with Crippen LogP contribution < -0.4 is 0 Å².